The summed E-state index contributed by atoms with van der Waals surface area (Å²) in [6.07, 6.45) is 2.03. The molecule has 0 amide bonds. The van der Waals surface area contributed by atoms with E-state index >= 15 is 0 Å². The van der Waals surface area contributed by atoms with Crippen LogP contribution >= 0.6 is 0 Å². The van der Waals surface area contributed by atoms with Gasteiger partial charge in [-0.05, 0) is 84.7 Å². The fourth-order valence-electron chi connectivity index (χ4n) is 10.4. The normalized spacial score (nSPS) is 32.5. The van der Waals surface area contributed by atoms with E-state index in [1.165, 1.54) is 0 Å². The van der Waals surface area contributed by atoms with E-state index < -0.39 is 52.4 Å². The lowest BCUT2D eigenvalue weighted by Gasteiger charge is -2.67. The molecule has 4 aliphatic rings. The molecule has 5 aromatic rings. The smallest absolute Gasteiger partial charge is 0.345 e. The van der Waals surface area contributed by atoms with Crippen molar-refractivity contribution in [1.29, 1.82) is 5.26 Å². The molecule has 2 aromatic heterocycles. The van der Waals surface area contributed by atoms with Gasteiger partial charge in [0.05, 0.1) is 36.0 Å². The van der Waals surface area contributed by atoms with Crippen LogP contribution in [0.5, 0.6) is 5.75 Å². The Kier molecular flexibility index (Phi) is 8.05. The van der Waals surface area contributed by atoms with Crippen LogP contribution in [-0.4, -0.2) is 40.5 Å². The predicted molar refractivity (Wildman–Crippen MR) is 197 cm³/mol. The van der Waals surface area contributed by atoms with Crippen LogP contribution in [-0.2, 0) is 14.2 Å². The summed E-state index contributed by atoms with van der Waals surface area (Å²) in [5, 5.41) is 24.0. The van der Waals surface area contributed by atoms with Crippen LogP contribution in [0.2, 0.25) is 0 Å². The second-order valence-electron chi connectivity index (χ2n) is 15.9. The maximum Gasteiger partial charge on any atom is 0.345 e. The molecule has 10 nitrogen and oxygen atoms in total. The number of aromatic nitrogens is 1. The second kappa shape index (κ2) is 12.6. The van der Waals surface area contributed by atoms with Crippen molar-refractivity contribution in [2.75, 3.05) is 6.61 Å². The largest absolute Gasteiger partial charge is 0.482 e. The predicted octanol–water partition coefficient (Wildman–Crippen LogP) is 7.69. The summed E-state index contributed by atoms with van der Waals surface area (Å²) in [6, 6.07) is 27.8. The SMILES string of the molecule is C[C@]12CC[C@@H]3O[C@H](c4cccc5ccccc45)OC[C@@]3(C)C1C[C@H](OC(=O)c1ccc(C#N)cc1)[C@@]1(C)Oc3cc(-c4cccnc4)oc(=O)c3[C@H](O)C21. The van der Waals surface area contributed by atoms with Gasteiger partial charge in [0, 0.05) is 40.9 Å². The zero-order valence-corrected chi connectivity index (χ0v) is 30.2. The molecule has 9 rings (SSSR count). The summed E-state index contributed by atoms with van der Waals surface area (Å²) >= 11 is 0. The van der Waals surface area contributed by atoms with E-state index in [-0.39, 0.29) is 34.7 Å². The summed E-state index contributed by atoms with van der Waals surface area (Å²) in [5.74, 6) is -1.02. The molecule has 1 N–H and O–H groups in total. The summed E-state index contributed by atoms with van der Waals surface area (Å²) < 4.78 is 32.7. The Morgan fingerprint density at radius 2 is 1.80 bits per heavy atom. The number of aliphatic hydroxyl groups is 1. The minimum atomic E-state index is -1.30. The first-order chi connectivity index (χ1) is 26.0. The number of ether oxygens (including phenoxy) is 4. The van der Waals surface area contributed by atoms with Gasteiger partial charge in [-0.3, -0.25) is 4.98 Å². The van der Waals surface area contributed by atoms with E-state index in [9.17, 15) is 20.0 Å². The topological polar surface area (TPSA) is 141 Å². The fourth-order valence-corrected chi connectivity index (χ4v) is 10.4. The van der Waals surface area contributed by atoms with Crippen LogP contribution < -0.4 is 10.4 Å². The van der Waals surface area contributed by atoms with Crippen molar-refractivity contribution >= 4 is 16.7 Å². The molecule has 3 aromatic carbocycles. The molecule has 0 radical (unpaired) electrons. The zero-order chi connectivity index (χ0) is 37.4. The molecule has 54 heavy (non-hydrogen) atoms. The molecule has 2 aliphatic carbocycles. The highest BCUT2D eigenvalue weighted by Gasteiger charge is 2.71. The number of carbonyl (C=O) groups is 1. The maximum absolute atomic E-state index is 13.9. The molecule has 1 saturated heterocycles. The molecular weight excluding hydrogens is 684 g/mol. The van der Waals surface area contributed by atoms with Crippen molar-refractivity contribution in [3.8, 4) is 23.1 Å². The number of benzene rings is 3. The number of rotatable bonds is 4. The van der Waals surface area contributed by atoms with Gasteiger partial charge in [0.1, 0.15) is 28.8 Å². The molecular formula is C44H40N2O8. The highest BCUT2D eigenvalue weighted by molar-refractivity contribution is 5.89. The van der Waals surface area contributed by atoms with Crippen LogP contribution in [0, 0.1) is 34.0 Å². The maximum atomic E-state index is 13.9. The Labute approximate surface area is 312 Å². The van der Waals surface area contributed by atoms with Crippen LogP contribution in [0.15, 0.2) is 107 Å². The minimum Gasteiger partial charge on any atom is -0.482 e. The van der Waals surface area contributed by atoms with Gasteiger partial charge in [0.2, 0.25) is 0 Å². The Morgan fingerprint density at radius 1 is 1.00 bits per heavy atom. The molecule has 2 aliphatic heterocycles. The van der Waals surface area contributed by atoms with Gasteiger partial charge in [-0.15, -0.1) is 0 Å². The Hall–Kier alpha value is -5.34. The number of hydrogen-bond acceptors (Lipinski definition) is 10. The van der Waals surface area contributed by atoms with E-state index in [1.54, 1.807) is 54.9 Å². The molecule has 9 atom stereocenters. The third kappa shape index (κ3) is 5.21. The summed E-state index contributed by atoms with van der Waals surface area (Å²) in [6.45, 7) is 6.56. The monoisotopic (exact) mass is 724 g/mol. The first kappa shape index (κ1) is 34.4. The lowest BCUT2D eigenvalue weighted by atomic mass is 9.42. The first-order valence-electron chi connectivity index (χ1n) is 18.4. The number of nitrogens with zero attached hydrogens (tertiary/aromatic N) is 2. The van der Waals surface area contributed by atoms with Gasteiger partial charge in [0.15, 0.2) is 6.29 Å². The van der Waals surface area contributed by atoms with E-state index in [0.29, 0.717) is 37.0 Å². The number of nitriles is 1. The van der Waals surface area contributed by atoms with Gasteiger partial charge in [-0.2, -0.15) is 5.26 Å². The third-order valence-electron chi connectivity index (χ3n) is 12.9. The molecule has 274 valence electrons. The molecule has 2 saturated carbocycles. The quantitative estimate of drug-likeness (QED) is 0.183. The van der Waals surface area contributed by atoms with Gasteiger partial charge in [-0.25, -0.2) is 9.59 Å². The van der Waals surface area contributed by atoms with Gasteiger partial charge in [-0.1, -0.05) is 56.3 Å². The lowest BCUT2D eigenvalue weighted by Crippen LogP contribution is -2.71. The fraction of sp³-hybridized carbons (Fsp3) is 0.364. The van der Waals surface area contributed by atoms with E-state index in [0.717, 1.165) is 16.3 Å². The average molecular weight is 725 g/mol. The number of fused-ring (bicyclic) bond motifs is 7. The lowest BCUT2D eigenvalue weighted by molar-refractivity contribution is -0.329. The number of esters is 1. The average Bonchev–Trinajstić information content (AvgIpc) is 3.18. The Balaban J connectivity index is 1.12. The summed E-state index contributed by atoms with van der Waals surface area (Å²) in [4.78, 5) is 31.9. The second-order valence-corrected chi connectivity index (χ2v) is 15.9. The van der Waals surface area contributed by atoms with Crippen molar-refractivity contribution in [1.82, 2.24) is 4.98 Å². The van der Waals surface area contributed by atoms with Gasteiger partial charge < -0.3 is 28.5 Å². The van der Waals surface area contributed by atoms with E-state index in [1.807, 2.05) is 31.2 Å². The number of aliphatic hydroxyl groups excluding tert-OH is 1. The van der Waals surface area contributed by atoms with Crippen molar-refractivity contribution in [3.05, 3.63) is 130 Å². The summed E-state index contributed by atoms with van der Waals surface area (Å²) in [7, 11) is 0. The summed E-state index contributed by atoms with van der Waals surface area (Å²) in [5.41, 5.74) is -0.814. The van der Waals surface area contributed by atoms with Crippen molar-refractivity contribution in [3.63, 3.8) is 0 Å². The minimum absolute atomic E-state index is 0.0450. The molecule has 2 unspecified atom stereocenters. The Bertz CT molecular complexity index is 2370. The third-order valence-corrected chi connectivity index (χ3v) is 12.9. The number of hydrogen-bond donors (Lipinski definition) is 1. The first-order valence-corrected chi connectivity index (χ1v) is 18.4. The van der Waals surface area contributed by atoms with Crippen LogP contribution in [0.1, 0.15) is 79.5 Å². The van der Waals surface area contributed by atoms with Crippen molar-refractivity contribution in [2.45, 2.75) is 70.2 Å². The van der Waals surface area contributed by atoms with Crippen molar-refractivity contribution in [2.24, 2.45) is 22.7 Å². The number of pyridine rings is 1. The van der Waals surface area contributed by atoms with Crippen LogP contribution in [0.25, 0.3) is 22.1 Å². The van der Waals surface area contributed by atoms with Crippen LogP contribution in [0.4, 0.5) is 0 Å². The highest BCUT2D eigenvalue weighted by atomic mass is 16.7. The van der Waals surface area contributed by atoms with Gasteiger partial charge in [0.25, 0.3) is 0 Å². The van der Waals surface area contributed by atoms with Crippen molar-refractivity contribution < 1.29 is 33.3 Å². The van der Waals surface area contributed by atoms with Crippen LogP contribution in [0.3, 0.4) is 0 Å². The molecule has 0 spiro atoms. The molecule has 3 fully saturated rings. The standard InChI is InChI=1S/C44H40N2O8/c1-42-18-17-34-43(2,24-50-41(53-34)30-12-6-9-26-8-4-5-11-29(26)30)33(42)21-35(52-39(48)27-15-13-25(22-45)14-16-27)44(3)38(42)37(47)36-32(54-44)20-31(51-40(36)49)28-10-7-19-46-23-28/h4-16,19-20,23,33-35,37-38,41,47H,17-18,21,24H2,1-3H3/t33?,34-,35-,37-,38?,41+,42-,43-,44+/m0/s1. The highest BCUT2D eigenvalue weighted by Crippen LogP contribution is 2.68. The molecule has 4 heterocycles. The molecule has 0 bridgehead atoms. The van der Waals surface area contributed by atoms with E-state index in [4.69, 9.17) is 23.4 Å². The van der Waals surface area contributed by atoms with Gasteiger partial charge >= 0.3 is 11.6 Å². The number of carbonyl (C=O) groups excluding carboxylic acids is 1. The molecule has 10 heteroatoms. The Morgan fingerprint density at radius 3 is 2.57 bits per heavy atom. The van der Waals surface area contributed by atoms with E-state index in [2.05, 4.69) is 43.1 Å². The zero-order valence-electron chi connectivity index (χ0n) is 30.2.